The summed E-state index contributed by atoms with van der Waals surface area (Å²) in [5.41, 5.74) is 3.57. The molecule has 0 amide bonds. The van der Waals surface area contributed by atoms with Gasteiger partial charge in [0, 0.05) is 12.6 Å². The van der Waals surface area contributed by atoms with E-state index >= 15 is 0 Å². The summed E-state index contributed by atoms with van der Waals surface area (Å²) in [6, 6.07) is 6.46. The summed E-state index contributed by atoms with van der Waals surface area (Å²) in [6.45, 7) is 7.42. The van der Waals surface area contributed by atoms with E-state index in [4.69, 9.17) is 9.84 Å². The Morgan fingerprint density at radius 2 is 2.21 bits per heavy atom. The number of carbonyl (C=O) groups is 1. The molecule has 2 atom stereocenters. The molecule has 1 aliphatic heterocycles. The van der Waals surface area contributed by atoms with Crippen LogP contribution in [0.15, 0.2) is 18.2 Å². The van der Waals surface area contributed by atoms with Crippen molar-refractivity contribution in [1.29, 1.82) is 0 Å². The SMILES string of the molecule is Cc1ccc(C)c([C@@H]2CN(CC(=O)O)[C@@H](C)CO2)c1. The highest BCUT2D eigenvalue weighted by atomic mass is 16.5. The minimum atomic E-state index is -0.784. The third-order valence-corrected chi connectivity index (χ3v) is 3.68. The molecule has 0 bridgehead atoms. The number of morpholine rings is 1. The molecule has 4 nitrogen and oxygen atoms in total. The van der Waals surface area contributed by atoms with Crippen LogP contribution in [0.4, 0.5) is 0 Å². The molecule has 0 aliphatic carbocycles. The average Bonchev–Trinajstić information content (AvgIpc) is 2.34. The summed E-state index contributed by atoms with van der Waals surface area (Å²) in [6.07, 6.45) is -0.0320. The molecule has 1 saturated heterocycles. The molecule has 4 heteroatoms. The number of aryl methyl sites for hydroxylation is 2. The van der Waals surface area contributed by atoms with Crippen LogP contribution in [0.2, 0.25) is 0 Å². The summed E-state index contributed by atoms with van der Waals surface area (Å²) in [5.74, 6) is -0.784. The fourth-order valence-electron chi connectivity index (χ4n) is 2.50. The van der Waals surface area contributed by atoms with Gasteiger partial charge in [0.15, 0.2) is 0 Å². The Labute approximate surface area is 114 Å². The zero-order valence-corrected chi connectivity index (χ0v) is 11.7. The number of hydrogen-bond acceptors (Lipinski definition) is 3. The molecule has 0 radical (unpaired) electrons. The Morgan fingerprint density at radius 1 is 1.47 bits per heavy atom. The highest BCUT2D eigenvalue weighted by Gasteiger charge is 2.29. The molecule has 0 unspecified atom stereocenters. The van der Waals surface area contributed by atoms with E-state index in [0.717, 1.165) is 0 Å². The molecule has 1 aromatic carbocycles. The quantitative estimate of drug-likeness (QED) is 0.908. The second kappa shape index (κ2) is 5.72. The van der Waals surface area contributed by atoms with Crippen LogP contribution in [0, 0.1) is 13.8 Å². The number of rotatable bonds is 3. The van der Waals surface area contributed by atoms with Crippen LogP contribution in [0.5, 0.6) is 0 Å². The zero-order chi connectivity index (χ0) is 14.0. The number of aliphatic carboxylic acids is 1. The fraction of sp³-hybridized carbons (Fsp3) is 0.533. The predicted octanol–water partition coefficient (Wildman–Crippen LogP) is 2.15. The molecular weight excluding hydrogens is 242 g/mol. The van der Waals surface area contributed by atoms with Gasteiger partial charge in [0.2, 0.25) is 0 Å². The third-order valence-electron chi connectivity index (χ3n) is 3.68. The Balaban J connectivity index is 2.17. The number of nitrogens with zero attached hydrogens (tertiary/aromatic N) is 1. The molecule has 1 heterocycles. The van der Waals surface area contributed by atoms with E-state index in [1.54, 1.807) is 0 Å². The Kier molecular flexibility index (Phi) is 4.22. The molecule has 1 aromatic rings. The van der Waals surface area contributed by atoms with E-state index in [0.29, 0.717) is 13.2 Å². The van der Waals surface area contributed by atoms with Crippen LogP contribution in [0.1, 0.15) is 29.7 Å². The second-order valence-electron chi connectivity index (χ2n) is 5.35. The van der Waals surface area contributed by atoms with Crippen LogP contribution in [0.3, 0.4) is 0 Å². The van der Waals surface area contributed by atoms with E-state index < -0.39 is 5.97 Å². The first-order valence-electron chi connectivity index (χ1n) is 6.62. The Hall–Kier alpha value is -1.39. The normalized spacial score (nSPS) is 24.4. The largest absolute Gasteiger partial charge is 0.480 e. The first kappa shape index (κ1) is 14.0. The van der Waals surface area contributed by atoms with Crippen LogP contribution in [-0.2, 0) is 9.53 Å². The molecule has 1 N–H and O–H groups in total. The summed E-state index contributed by atoms with van der Waals surface area (Å²) >= 11 is 0. The van der Waals surface area contributed by atoms with Gasteiger partial charge in [-0.25, -0.2) is 0 Å². The van der Waals surface area contributed by atoms with Gasteiger partial charge in [0.05, 0.1) is 19.3 Å². The molecule has 0 aromatic heterocycles. The molecule has 1 aliphatic rings. The van der Waals surface area contributed by atoms with Gasteiger partial charge >= 0.3 is 5.97 Å². The number of benzene rings is 1. The smallest absolute Gasteiger partial charge is 0.317 e. The molecule has 1 fully saturated rings. The van der Waals surface area contributed by atoms with Crippen molar-refractivity contribution in [3.63, 3.8) is 0 Å². The highest BCUT2D eigenvalue weighted by molar-refractivity contribution is 5.69. The minimum absolute atomic E-state index is 0.0320. The highest BCUT2D eigenvalue weighted by Crippen LogP contribution is 2.27. The van der Waals surface area contributed by atoms with Crippen LogP contribution >= 0.6 is 0 Å². The van der Waals surface area contributed by atoms with Crippen molar-refractivity contribution in [1.82, 2.24) is 4.90 Å². The summed E-state index contributed by atoms with van der Waals surface area (Å²) in [5, 5.41) is 8.96. The third kappa shape index (κ3) is 3.33. The second-order valence-corrected chi connectivity index (χ2v) is 5.35. The van der Waals surface area contributed by atoms with Gasteiger partial charge in [-0.1, -0.05) is 23.8 Å². The van der Waals surface area contributed by atoms with Gasteiger partial charge in [0.1, 0.15) is 0 Å². The van der Waals surface area contributed by atoms with Crippen molar-refractivity contribution in [3.8, 4) is 0 Å². The Bertz CT molecular complexity index is 472. The summed E-state index contributed by atoms with van der Waals surface area (Å²) in [4.78, 5) is 12.9. The molecule has 19 heavy (non-hydrogen) atoms. The topological polar surface area (TPSA) is 49.8 Å². The number of carboxylic acid groups (broad SMARTS) is 1. The zero-order valence-electron chi connectivity index (χ0n) is 11.7. The standard InChI is InChI=1S/C15H21NO3/c1-10-4-5-11(2)13(6-10)14-7-16(8-15(17)18)12(3)9-19-14/h4-6,12,14H,7-9H2,1-3H3,(H,17,18)/t12-,14-/m0/s1. The number of hydrogen-bond donors (Lipinski definition) is 1. The molecular formula is C15H21NO3. The van der Waals surface area contributed by atoms with Gasteiger partial charge < -0.3 is 9.84 Å². The lowest BCUT2D eigenvalue weighted by molar-refractivity contribution is -0.142. The van der Waals surface area contributed by atoms with E-state index in [2.05, 4.69) is 32.0 Å². The monoisotopic (exact) mass is 263 g/mol. The summed E-state index contributed by atoms with van der Waals surface area (Å²) in [7, 11) is 0. The molecule has 104 valence electrons. The predicted molar refractivity (Wildman–Crippen MR) is 73.3 cm³/mol. The molecule has 0 saturated carbocycles. The van der Waals surface area contributed by atoms with Gasteiger partial charge in [-0.05, 0) is 31.9 Å². The number of ether oxygens (including phenoxy) is 1. The first-order chi connectivity index (χ1) is 8.97. The maximum atomic E-state index is 10.9. The van der Waals surface area contributed by atoms with Crippen LogP contribution in [0.25, 0.3) is 0 Å². The van der Waals surface area contributed by atoms with Crippen molar-refractivity contribution in [2.24, 2.45) is 0 Å². The average molecular weight is 263 g/mol. The van der Waals surface area contributed by atoms with Gasteiger partial charge in [-0.15, -0.1) is 0 Å². The van der Waals surface area contributed by atoms with Crippen molar-refractivity contribution in [3.05, 3.63) is 34.9 Å². The van der Waals surface area contributed by atoms with E-state index in [-0.39, 0.29) is 18.7 Å². The lowest BCUT2D eigenvalue weighted by atomic mass is 9.99. The van der Waals surface area contributed by atoms with Crippen molar-refractivity contribution in [2.75, 3.05) is 19.7 Å². The lowest BCUT2D eigenvalue weighted by Gasteiger charge is -2.37. The fourth-order valence-corrected chi connectivity index (χ4v) is 2.50. The van der Waals surface area contributed by atoms with E-state index in [9.17, 15) is 4.79 Å². The molecule has 0 spiro atoms. The van der Waals surface area contributed by atoms with Crippen LogP contribution < -0.4 is 0 Å². The number of carboxylic acids is 1. The van der Waals surface area contributed by atoms with Gasteiger partial charge in [-0.3, -0.25) is 9.69 Å². The maximum Gasteiger partial charge on any atom is 0.317 e. The molecule has 2 rings (SSSR count). The van der Waals surface area contributed by atoms with Crippen LogP contribution in [-0.4, -0.2) is 41.7 Å². The van der Waals surface area contributed by atoms with Crippen molar-refractivity contribution in [2.45, 2.75) is 32.9 Å². The van der Waals surface area contributed by atoms with Gasteiger partial charge in [0.25, 0.3) is 0 Å². The maximum absolute atomic E-state index is 10.9. The Morgan fingerprint density at radius 3 is 2.89 bits per heavy atom. The first-order valence-corrected chi connectivity index (χ1v) is 6.62. The summed E-state index contributed by atoms with van der Waals surface area (Å²) < 4.78 is 5.89. The van der Waals surface area contributed by atoms with E-state index in [1.807, 2.05) is 11.8 Å². The van der Waals surface area contributed by atoms with Gasteiger partial charge in [-0.2, -0.15) is 0 Å². The van der Waals surface area contributed by atoms with Crippen molar-refractivity contribution < 1.29 is 14.6 Å². The minimum Gasteiger partial charge on any atom is -0.480 e. The van der Waals surface area contributed by atoms with Crippen molar-refractivity contribution >= 4 is 5.97 Å². The van der Waals surface area contributed by atoms with E-state index in [1.165, 1.54) is 16.7 Å². The lowest BCUT2D eigenvalue weighted by Crippen LogP contribution is -2.47.